The number of carbonyl (C=O) groups is 2. The van der Waals surface area contributed by atoms with Gasteiger partial charge in [-0.2, -0.15) is 0 Å². The molecule has 0 aliphatic carbocycles. The fourth-order valence-electron chi connectivity index (χ4n) is 3.02. The third-order valence-electron chi connectivity index (χ3n) is 4.87. The summed E-state index contributed by atoms with van der Waals surface area (Å²) < 4.78 is 5.02. The molecule has 28 heavy (non-hydrogen) atoms. The van der Waals surface area contributed by atoms with E-state index in [1.54, 1.807) is 24.0 Å². The van der Waals surface area contributed by atoms with Crippen LogP contribution in [-0.2, 0) is 4.74 Å². The van der Waals surface area contributed by atoms with Crippen LogP contribution in [0.25, 0.3) is 0 Å². The number of nitrogens with one attached hydrogen (secondary N) is 1. The third-order valence-corrected chi connectivity index (χ3v) is 4.87. The van der Waals surface area contributed by atoms with Crippen molar-refractivity contribution in [3.8, 4) is 0 Å². The highest BCUT2D eigenvalue weighted by molar-refractivity contribution is 6.03. The van der Waals surface area contributed by atoms with E-state index in [9.17, 15) is 9.59 Å². The normalized spacial score (nSPS) is 14.0. The Bertz CT molecular complexity index is 845. The Morgan fingerprint density at radius 1 is 1.07 bits per heavy atom. The first-order valence-corrected chi connectivity index (χ1v) is 9.37. The van der Waals surface area contributed by atoms with Gasteiger partial charge in [0.15, 0.2) is 11.5 Å². The third kappa shape index (κ3) is 4.39. The van der Waals surface area contributed by atoms with Crippen LogP contribution in [0.3, 0.4) is 0 Å². The summed E-state index contributed by atoms with van der Waals surface area (Å²) in [5, 5.41) is 11.2. The molecule has 1 fully saturated rings. The number of benzene rings is 1. The zero-order valence-electron chi connectivity index (χ0n) is 16.4. The number of amides is 2. The Morgan fingerprint density at radius 2 is 1.82 bits per heavy atom. The Hall–Kier alpha value is -3.16. The van der Waals surface area contributed by atoms with Crippen LogP contribution < -0.4 is 10.2 Å². The molecule has 8 heteroatoms. The van der Waals surface area contributed by atoms with E-state index in [1.165, 1.54) is 0 Å². The van der Waals surface area contributed by atoms with E-state index in [1.807, 2.05) is 36.9 Å². The van der Waals surface area contributed by atoms with Gasteiger partial charge in [0.25, 0.3) is 5.91 Å². The Morgan fingerprint density at radius 3 is 2.46 bits per heavy atom. The molecule has 2 heterocycles. The van der Waals surface area contributed by atoms with Crippen molar-refractivity contribution in [2.24, 2.45) is 0 Å². The van der Waals surface area contributed by atoms with E-state index in [2.05, 4.69) is 15.5 Å². The van der Waals surface area contributed by atoms with Gasteiger partial charge in [0, 0.05) is 31.9 Å². The van der Waals surface area contributed by atoms with Crippen molar-refractivity contribution in [3.63, 3.8) is 0 Å². The van der Waals surface area contributed by atoms with Gasteiger partial charge in [0.1, 0.15) is 0 Å². The summed E-state index contributed by atoms with van der Waals surface area (Å²) in [6.07, 6.45) is -0.285. The maximum absolute atomic E-state index is 12.5. The summed E-state index contributed by atoms with van der Waals surface area (Å²) in [6.45, 7) is 8.54. The van der Waals surface area contributed by atoms with Crippen molar-refractivity contribution in [2.75, 3.05) is 43.0 Å². The molecule has 0 bridgehead atoms. The first-order valence-electron chi connectivity index (χ1n) is 9.37. The van der Waals surface area contributed by atoms with Crippen LogP contribution in [0.2, 0.25) is 0 Å². The fraction of sp³-hybridized carbons (Fsp3) is 0.400. The first-order chi connectivity index (χ1) is 13.5. The van der Waals surface area contributed by atoms with Crippen molar-refractivity contribution < 1.29 is 14.3 Å². The van der Waals surface area contributed by atoms with Crippen LogP contribution in [0, 0.1) is 13.8 Å². The molecule has 1 aliphatic heterocycles. The maximum atomic E-state index is 12.5. The van der Waals surface area contributed by atoms with Crippen molar-refractivity contribution in [1.29, 1.82) is 0 Å². The lowest BCUT2D eigenvalue weighted by atomic mass is 10.1. The average molecular weight is 383 g/mol. The van der Waals surface area contributed by atoms with Gasteiger partial charge in [-0.05, 0) is 50.1 Å². The number of aryl methyl sites for hydroxylation is 1. The van der Waals surface area contributed by atoms with E-state index in [0.29, 0.717) is 38.6 Å². The number of rotatable bonds is 4. The van der Waals surface area contributed by atoms with Crippen molar-refractivity contribution >= 4 is 23.5 Å². The molecule has 1 aromatic heterocycles. The standard InChI is InChI=1S/C20H25N5O3/c1-4-28-20(27)25-12-10-24(11-13-25)18-9-8-17(22-23-18)19(26)21-16-7-5-6-14(2)15(16)3/h5-9H,4,10-13H2,1-3H3,(H,21,26). The predicted molar refractivity (Wildman–Crippen MR) is 107 cm³/mol. The summed E-state index contributed by atoms with van der Waals surface area (Å²) in [4.78, 5) is 27.9. The number of nitrogens with zero attached hydrogens (tertiary/aromatic N) is 4. The Kier molecular flexibility index (Phi) is 6.08. The second kappa shape index (κ2) is 8.69. The fourth-order valence-corrected chi connectivity index (χ4v) is 3.02. The molecule has 2 amide bonds. The highest BCUT2D eigenvalue weighted by atomic mass is 16.6. The number of ether oxygens (including phenoxy) is 1. The molecule has 8 nitrogen and oxygen atoms in total. The molecular formula is C20H25N5O3. The van der Waals surface area contributed by atoms with Gasteiger partial charge in [-0.3, -0.25) is 4.79 Å². The van der Waals surface area contributed by atoms with Crippen molar-refractivity contribution in [1.82, 2.24) is 15.1 Å². The Balaban J connectivity index is 1.60. The van der Waals surface area contributed by atoms with Crippen LogP contribution in [0.5, 0.6) is 0 Å². The second-order valence-corrected chi connectivity index (χ2v) is 6.65. The SMILES string of the molecule is CCOC(=O)N1CCN(c2ccc(C(=O)Nc3cccc(C)c3C)nn2)CC1. The molecule has 1 aliphatic rings. The van der Waals surface area contributed by atoms with Crippen LogP contribution in [0.1, 0.15) is 28.5 Å². The van der Waals surface area contributed by atoms with Crippen LogP contribution in [0.15, 0.2) is 30.3 Å². The quantitative estimate of drug-likeness (QED) is 0.873. The van der Waals surface area contributed by atoms with E-state index < -0.39 is 0 Å². The molecule has 1 saturated heterocycles. The number of aromatic nitrogens is 2. The minimum absolute atomic E-state index is 0.259. The van der Waals surface area contributed by atoms with Crippen molar-refractivity contribution in [3.05, 3.63) is 47.2 Å². The highest BCUT2D eigenvalue weighted by Crippen LogP contribution is 2.19. The zero-order valence-corrected chi connectivity index (χ0v) is 16.4. The topological polar surface area (TPSA) is 87.7 Å². The molecule has 0 saturated carbocycles. The second-order valence-electron chi connectivity index (χ2n) is 6.65. The minimum atomic E-state index is -0.292. The van der Waals surface area contributed by atoms with E-state index in [4.69, 9.17) is 4.74 Å². The van der Waals surface area contributed by atoms with Crippen LogP contribution >= 0.6 is 0 Å². The van der Waals surface area contributed by atoms with Gasteiger partial charge in [0.2, 0.25) is 0 Å². The molecule has 1 N–H and O–H groups in total. The molecule has 0 spiro atoms. The van der Waals surface area contributed by atoms with Crippen LogP contribution in [0.4, 0.5) is 16.3 Å². The lowest BCUT2D eigenvalue weighted by Gasteiger charge is -2.34. The highest BCUT2D eigenvalue weighted by Gasteiger charge is 2.23. The van der Waals surface area contributed by atoms with Gasteiger partial charge in [-0.15, -0.1) is 10.2 Å². The molecule has 2 aromatic rings. The number of anilines is 2. The summed E-state index contributed by atoms with van der Waals surface area (Å²) in [5.74, 6) is 0.395. The summed E-state index contributed by atoms with van der Waals surface area (Å²) in [6, 6.07) is 9.22. The zero-order chi connectivity index (χ0) is 20.1. The summed E-state index contributed by atoms with van der Waals surface area (Å²) >= 11 is 0. The van der Waals surface area contributed by atoms with Crippen molar-refractivity contribution in [2.45, 2.75) is 20.8 Å². The summed E-state index contributed by atoms with van der Waals surface area (Å²) in [5.41, 5.74) is 3.17. The average Bonchev–Trinajstić information content (AvgIpc) is 2.72. The minimum Gasteiger partial charge on any atom is -0.450 e. The van der Waals surface area contributed by atoms with Gasteiger partial charge >= 0.3 is 6.09 Å². The lowest BCUT2D eigenvalue weighted by molar-refractivity contribution is 0.101. The predicted octanol–water partition coefficient (Wildman–Crippen LogP) is 2.62. The van der Waals surface area contributed by atoms with Gasteiger partial charge < -0.3 is 19.9 Å². The van der Waals surface area contributed by atoms with E-state index in [0.717, 1.165) is 16.8 Å². The summed E-state index contributed by atoms with van der Waals surface area (Å²) in [7, 11) is 0. The maximum Gasteiger partial charge on any atom is 0.409 e. The molecule has 0 radical (unpaired) electrons. The Labute approximate surface area is 164 Å². The number of hydrogen-bond acceptors (Lipinski definition) is 6. The van der Waals surface area contributed by atoms with E-state index in [-0.39, 0.29) is 17.7 Å². The molecule has 1 aromatic carbocycles. The largest absolute Gasteiger partial charge is 0.450 e. The molecule has 148 valence electrons. The molecule has 0 atom stereocenters. The van der Waals surface area contributed by atoms with Gasteiger partial charge in [0.05, 0.1) is 6.61 Å². The number of piperazine rings is 1. The molecule has 3 rings (SSSR count). The number of carbonyl (C=O) groups excluding carboxylic acids is 2. The number of hydrogen-bond donors (Lipinski definition) is 1. The smallest absolute Gasteiger partial charge is 0.409 e. The molecular weight excluding hydrogens is 358 g/mol. The molecule has 0 unspecified atom stereocenters. The van der Waals surface area contributed by atoms with E-state index >= 15 is 0 Å². The monoisotopic (exact) mass is 383 g/mol. The van der Waals surface area contributed by atoms with Gasteiger partial charge in [-0.1, -0.05) is 12.1 Å². The first kappa shape index (κ1) is 19.6. The lowest BCUT2D eigenvalue weighted by Crippen LogP contribution is -2.49. The van der Waals surface area contributed by atoms with Crippen LogP contribution in [-0.4, -0.2) is 59.9 Å². The van der Waals surface area contributed by atoms with Gasteiger partial charge in [-0.25, -0.2) is 4.79 Å².